The highest BCUT2D eigenvalue weighted by molar-refractivity contribution is 5.62. The molecule has 5 nitrogen and oxygen atoms in total. The van der Waals surface area contributed by atoms with Crippen molar-refractivity contribution in [1.29, 1.82) is 0 Å². The standard InChI is InChI=1S/C15H16N2O3/c18-11-10-13(12-6-2-1-3-7-12)16-14-8-4-5-9-15(14)17(19)20/h1-9,13,16,18H,10-11H2. The summed E-state index contributed by atoms with van der Waals surface area (Å²) in [6.07, 6.45) is 0.482. The predicted molar refractivity (Wildman–Crippen MR) is 77.6 cm³/mol. The van der Waals surface area contributed by atoms with Crippen LogP contribution >= 0.6 is 0 Å². The van der Waals surface area contributed by atoms with E-state index in [1.54, 1.807) is 18.2 Å². The smallest absolute Gasteiger partial charge is 0.292 e. The maximum absolute atomic E-state index is 11.0. The molecule has 2 aromatic carbocycles. The van der Waals surface area contributed by atoms with E-state index in [0.717, 1.165) is 5.56 Å². The van der Waals surface area contributed by atoms with Crippen LogP contribution in [0.5, 0.6) is 0 Å². The van der Waals surface area contributed by atoms with Gasteiger partial charge in [-0.3, -0.25) is 10.1 Å². The molecule has 0 heterocycles. The number of benzene rings is 2. The van der Waals surface area contributed by atoms with E-state index in [4.69, 9.17) is 0 Å². The maximum atomic E-state index is 11.0. The molecule has 0 aliphatic heterocycles. The van der Waals surface area contributed by atoms with Crippen molar-refractivity contribution in [3.05, 3.63) is 70.3 Å². The molecule has 2 rings (SSSR count). The molecule has 0 radical (unpaired) electrons. The number of nitro groups is 1. The molecule has 0 fully saturated rings. The van der Waals surface area contributed by atoms with E-state index in [9.17, 15) is 15.2 Å². The van der Waals surface area contributed by atoms with Crippen LogP contribution in [0.1, 0.15) is 18.0 Å². The number of hydrogen-bond acceptors (Lipinski definition) is 4. The zero-order valence-corrected chi connectivity index (χ0v) is 10.9. The first kappa shape index (κ1) is 14.0. The van der Waals surface area contributed by atoms with Crippen LogP contribution in [0.15, 0.2) is 54.6 Å². The van der Waals surface area contributed by atoms with Gasteiger partial charge in [0.1, 0.15) is 5.69 Å². The van der Waals surface area contributed by atoms with Crippen LogP contribution < -0.4 is 5.32 Å². The van der Waals surface area contributed by atoms with Crippen molar-refractivity contribution in [1.82, 2.24) is 0 Å². The summed E-state index contributed by atoms with van der Waals surface area (Å²) in [4.78, 5) is 10.6. The molecule has 0 aliphatic rings. The SMILES string of the molecule is O=[N+]([O-])c1ccccc1NC(CCO)c1ccccc1. The number of rotatable bonds is 6. The van der Waals surface area contributed by atoms with Gasteiger partial charge in [0.2, 0.25) is 0 Å². The van der Waals surface area contributed by atoms with Gasteiger partial charge in [-0.25, -0.2) is 0 Å². The van der Waals surface area contributed by atoms with Gasteiger partial charge >= 0.3 is 0 Å². The second kappa shape index (κ2) is 6.68. The highest BCUT2D eigenvalue weighted by atomic mass is 16.6. The van der Waals surface area contributed by atoms with Gasteiger partial charge in [0, 0.05) is 12.7 Å². The van der Waals surface area contributed by atoms with Gasteiger partial charge in [-0.15, -0.1) is 0 Å². The molecular formula is C15H16N2O3. The van der Waals surface area contributed by atoms with Crippen molar-refractivity contribution in [2.24, 2.45) is 0 Å². The minimum Gasteiger partial charge on any atom is -0.396 e. The minimum absolute atomic E-state index is 0.00714. The molecule has 0 saturated carbocycles. The Labute approximate surface area is 117 Å². The highest BCUT2D eigenvalue weighted by Crippen LogP contribution is 2.29. The zero-order chi connectivity index (χ0) is 14.4. The Morgan fingerprint density at radius 1 is 1.10 bits per heavy atom. The number of anilines is 1. The third kappa shape index (κ3) is 3.33. The molecule has 1 unspecified atom stereocenters. The van der Waals surface area contributed by atoms with Crippen LogP contribution in [0.2, 0.25) is 0 Å². The summed E-state index contributed by atoms with van der Waals surface area (Å²) in [5, 5.41) is 23.3. The first-order valence-corrected chi connectivity index (χ1v) is 6.38. The molecule has 0 spiro atoms. The van der Waals surface area contributed by atoms with Crippen LogP contribution in [0.25, 0.3) is 0 Å². The molecule has 2 aromatic rings. The van der Waals surface area contributed by atoms with Crippen LogP contribution in [0, 0.1) is 10.1 Å². The predicted octanol–water partition coefficient (Wildman–Crippen LogP) is 3.13. The van der Waals surface area contributed by atoms with E-state index in [1.807, 2.05) is 30.3 Å². The van der Waals surface area contributed by atoms with E-state index < -0.39 is 4.92 Å². The van der Waals surface area contributed by atoms with Crippen molar-refractivity contribution in [2.45, 2.75) is 12.5 Å². The second-order valence-corrected chi connectivity index (χ2v) is 4.39. The number of hydrogen-bond donors (Lipinski definition) is 2. The molecule has 0 saturated heterocycles. The number of aliphatic hydroxyl groups is 1. The Balaban J connectivity index is 2.27. The van der Waals surface area contributed by atoms with E-state index in [2.05, 4.69) is 5.32 Å². The molecule has 0 amide bonds. The minimum atomic E-state index is -0.413. The lowest BCUT2D eigenvalue weighted by atomic mass is 10.0. The van der Waals surface area contributed by atoms with E-state index in [1.165, 1.54) is 6.07 Å². The van der Waals surface area contributed by atoms with Gasteiger partial charge < -0.3 is 10.4 Å². The van der Waals surface area contributed by atoms with Crippen molar-refractivity contribution in [3.8, 4) is 0 Å². The summed E-state index contributed by atoms with van der Waals surface area (Å²) >= 11 is 0. The van der Waals surface area contributed by atoms with Gasteiger partial charge in [-0.1, -0.05) is 42.5 Å². The van der Waals surface area contributed by atoms with E-state index in [0.29, 0.717) is 12.1 Å². The lowest BCUT2D eigenvalue weighted by molar-refractivity contribution is -0.384. The second-order valence-electron chi connectivity index (χ2n) is 4.39. The third-order valence-corrected chi connectivity index (χ3v) is 3.05. The topological polar surface area (TPSA) is 75.4 Å². The zero-order valence-electron chi connectivity index (χ0n) is 10.9. The Kier molecular flexibility index (Phi) is 4.68. The number of nitro benzene ring substituents is 1. The summed E-state index contributed by atoms with van der Waals surface area (Å²) in [7, 11) is 0. The lowest BCUT2D eigenvalue weighted by Crippen LogP contribution is -2.13. The Bertz CT molecular complexity index is 572. The average Bonchev–Trinajstić information content (AvgIpc) is 2.48. The fourth-order valence-corrected chi connectivity index (χ4v) is 2.08. The molecule has 104 valence electrons. The van der Waals surface area contributed by atoms with Crippen molar-refractivity contribution in [2.75, 3.05) is 11.9 Å². The van der Waals surface area contributed by atoms with E-state index >= 15 is 0 Å². The molecule has 2 N–H and O–H groups in total. The lowest BCUT2D eigenvalue weighted by Gasteiger charge is -2.19. The van der Waals surface area contributed by atoms with Crippen molar-refractivity contribution >= 4 is 11.4 Å². The Hall–Kier alpha value is -2.40. The normalized spacial score (nSPS) is 11.8. The van der Waals surface area contributed by atoms with Gasteiger partial charge in [0.05, 0.1) is 11.0 Å². The summed E-state index contributed by atoms with van der Waals surface area (Å²) < 4.78 is 0. The number of nitrogens with one attached hydrogen (secondary N) is 1. The molecule has 0 aromatic heterocycles. The quantitative estimate of drug-likeness (QED) is 0.625. The molecule has 20 heavy (non-hydrogen) atoms. The van der Waals surface area contributed by atoms with E-state index in [-0.39, 0.29) is 18.3 Å². The Morgan fingerprint density at radius 3 is 2.40 bits per heavy atom. The summed E-state index contributed by atoms with van der Waals surface area (Å²) in [6.45, 7) is 0.00714. The van der Waals surface area contributed by atoms with Gasteiger partial charge in [-0.2, -0.15) is 0 Å². The van der Waals surface area contributed by atoms with Crippen LogP contribution in [-0.4, -0.2) is 16.6 Å². The largest absolute Gasteiger partial charge is 0.396 e. The molecule has 5 heteroatoms. The molecule has 1 atom stereocenters. The molecule has 0 bridgehead atoms. The van der Waals surface area contributed by atoms with Gasteiger partial charge in [0.15, 0.2) is 0 Å². The van der Waals surface area contributed by atoms with Crippen molar-refractivity contribution in [3.63, 3.8) is 0 Å². The monoisotopic (exact) mass is 272 g/mol. The number of para-hydroxylation sites is 2. The molecular weight excluding hydrogens is 256 g/mol. The third-order valence-electron chi connectivity index (χ3n) is 3.05. The number of nitrogens with zero attached hydrogens (tertiary/aromatic N) is 1. The summed E-state index contributed by atoms with van der Waals surface area (Å²) in [5.41, 5.74) is 1.48. The van der Waals surface area contributed by atoms with Crippen LogP contribution in [0.4, 0.5) is 11.4 Å². The highest BCUT2D eigenvalue weighted by Gasteiger charge is 2.17. The summed E-state index contributed by atoms with van der Waals surface area (Å²) in [5.74, 6) is 0. The first-order valence-electron chi connectivity index (χ1n) is 6.38. The average molecular weight is 272 g/mol. The maximum Gasteiger partial charge on any atom is 0.292 e. The fraction of sp³-hybridized carbons (Fsp3) is 0.200. The number of aliphatic hydroxyl groups excluding tert-OH is 1. The first-order chi connectivity index (χ1) is 9.72. The fourth-order valence-electron chi connectivity index (χ4n) is 2.08. The van der Waals surface area contributed by atoms with Crippen molar-refractivity contribution < 1.29 is 10.0 Å². The summed E-state index contributed by atoms with van der Waals surface area (Å²) in [6, 6.07) is 15.9. The molecule has 0 aliphatic carbocycles. The van der Waals surface area contributed by atoms with Gasteiger partial charge in [-0.05, 0) is 18.1 Å². The Morgan fingerprint density at radius 2 is 1.75 bits per heavy atom. The van der Waals surface area contributed by atoms with Gasteiger partial charge in [0.25, 0.3) is 5.69 Å². The van der Waals surface area contributed by atoms with Crippen LogP contribution in [0.3, 0.4) is 0 Å². The van der Waals surface area contributed by atoms with Crippen LogP contribution in [-0.2, 0) is 0 Å².